The lowest BCUT2D eigenvalue weighted by Crippen LogP contribution is -2.58. The van der Waals surface area contributed by atoms with Crippen LogP contribution in [0, 0.1) is 6.92 Å². The topological polar surface area (TPSA) is 62.7 Å². The van der Waals surface area contributed by atoms with Crippen molar-refractivity contribution in [2.75, 3.05) is 39.4 Å². The van der Waals surface area contributed by atoms with Gasteiger partial charge in [-0.25, -0.2) is 13.4 Å². The van der Waals surface area contributed by atoms with Gasteiger partial charge in [0.2, 0.25) is 10.0 Å². The molecule has 27 heavy (non-hydrogen) atoms. The maximum Gasteiger partial charge on any atom is 0.433 e. The summed E-state index contributed by atoms with van der Waals surface area (Å²) in [7, 11) is -3.88. The number of alkyl halides is 3. The molecular formula is C17H24F3N3O3S. The number of halogens is 3. The number of ether oxygens (including phenoxy) is 1. The van der Waals surface area contributed by atoms with E-state index in [1.54, 1.807) is 0 Å². The SMILES string of the molecule is Cc1nc(C(F)(F)F)ccc1S(=O)(=O)N1CCN(C2(C)CCOCC2)CC1. The number of sulfonamides is 1. The number of piperazine rings is 1. The van der Waals surface area contributed by atoms with Crippen molar-refractivity contribution in [1.82, 2.24) is 14.2 Å². The Bertz CT molecular complexity index is 784. The van der Waals surface area contributed by atoms with Crippen LogP contribution in [0.5, 0.6) is 0 Å². The van der Waals surface area contributed by atoms with E-state index in [0.717, 1.165) is 25.0 Å². The van der Waals surface area contributed by atoms with E-state index >= 15 is 0 Å². The minimum absolute atomic E-state index is 0.0000684. The monoisotopic (exact) mass is 407 g/mol. The van der Waals surface area contributed by atoms with Crippen molar-refractivity contribution in [3.63, 3.8) is 0 Å². The molecule has 0 bridgehead atoms. The lowest BCUT2D eigenvalue weighted by Gasteiger charge is -2.47. The normalized spacial score (nSPS) is 22.7. The number of hydrogen-bond acceptors (Lipinski definition) is 5. The molecule has 0 N–H and O–H groups in total. The predicted octanol–water partition coefficient (Wildman–Crippen LogP) is 2.28. The Morgan fingerprint density at radius 2 is 1.70 bits per heavy atom. The average Bonchev–Trinajstić information content (AvgIpc) is 2.61. The number of aromatic nitrogens is 1. The predicted molar refractivity (Wildman–Crippen MR) is 92.8 cm³/mol. The van der Waals surface area contributed by atoms with Crippen LogP contribution in [0.1, 0.15) is 31.2 Å². The molecule has 1 aromatic heterocycles. The van der Waals surface area contributed by atoms with Crippen LogP contribution in [0.15, 0.2) is 17.0 Å². The third-order valence-corrected chi connectivity index (χ3v) is 7.55. The van der Waals surface area contributed by atoms with Gasteiger partial charge in [0.15, 0.2) is 0 Å². The molecule has 0 saturated carbocycles. The second kappa shape index (κ2) is 7.31. The Morgan fingerprint density at radius 1 is 1.11 bits per heavy atom. The van der Waals surface area contributed by atoms with Crippen LogP contribution in [0.25, 0.3) is 0 Å². The molecule has 3 heterocycles. The minimum atomic E-state index is -4.60. The zero-order chi connectivity index (χ0) is 19.9. The molecular weight excluding hydrogens is 383 g/mol. The van der Waals surface area contributed by atoms with Crippen LogP contribution in [0.4, 0.5) is 13.2 Å². The summed E-state index contributed by atoms with van der Waals surface area (Å²) >= 11 is 0. The molecule has 0 unspecified atom stereocenters. The Hall–Kier alpha value is -1.23. The maximum absolute atomic E-state index is 12.9. The van der Waals surface area contributed by atoms with E-state index < -0.39 is 21.9 Å². The minimum Gasteiger partial charge on any atom is -0.381 e. The fourth-order valence-corrected chi connectivity index (χ4v) is 5.29. The van der Waals surface area contributed by atoms with Crippen molar-refractivity contribution >= 4 is 10.0 Å². The van der Waals surface area contributed by atoms with Gasteiger partial charge in [0.1, 0.15) is 10.6 Å². The summed E-state index contributed by atoms with van der Waals surface area (Å²) in [6.45, 7) is 6.64. The molecule has 2 saturated heterocycles. The second-order valence-corrected chi connectivity index (χ2v) is 9.18. The van der Waals surface area contributed by atoms with E-state index in [4.69, 9.17) is 4.74 Å². The smallest absolute Gasteiger partial charge is 0.381 e. The molecule has 0 amide bonds. The van der Waals surface area contributed by atoms with Gasteiger partial charge in [-0.15, -0.1) is 0 Å². The quantitative estimate of drug-likeness (QED) is 0.769. The van der Waals surface area contributed by atoms with Crippen molar-refractivity contribution in [2.24, 2.45) is 0 Å². The lowest BCUT2D eigenvalue weighted by atomic mass is 9.90. The average molecular weight is 407 g/mol. The Labute approximate surface area is 157 Å². The number of rotatable bonds is 3. The fourth-order valence-electron chi connectivity index (χ4n) is 3.71. The van der Waals surface area contributed by atoms with Crippen LogP contribution in [0.3, 0.4) is 0 Å². The highest BCUT2D eigenvalue weighted by molar-refractivity contribution is 7.89. The van der Waals surface area contributed by atoms with Gasteiger partial charge < -0.3 is 4.74 Å². The summed E-state index contributed by atoms with van der Waals surface area (Å²) in [5.74, 6) is 0. The van der Waals surface area contributed by atoms with Crippen LogP contribution >= 0.6 is 0 Å². The summed E-state index contributed by atoms with van der Waals surface area (Å²) in [6.07, 6.45) is -2.79. The molecule has 10 heteroatoms. The lowest BCUT2D eigenvalue weighted by molar-refractivity contribution is -0.141. The maximum atomic E-state index is 12.9. The van der Waals surface area contributed by atoms with E-state index in [9.17, 15) is 21.6 Å². The zero-order valence-corrected chi connectivity index (χ0v) is 16.2. The summed E-state index contributed by atoms with van der Waals surface area (Å²) in [6, 6.07) is 1.73. The van der Waals surface area contributed by atoms with Gasteiger partial charge in [-0.1, -0.05) is 0 Å². The van der Waals surface area contributed by atoms with Crippen LogP contribution in [-0.2, 0) is 20.9 Å². The highest BCUT2D eigenvalue weighted by Gasteiger charge is 2.39. The highest BCUT2D eigenvalue weighted by atomic mass is 32.2. The van der Waals surface area contributed by atoms with Gasteiger partial charge >= 0.3 is 6.18 Å². The molecule has 152 valence electrons. The molecule has 0 aliphatic carbocycles. The van der Waals surface area contributed by atoms with Crippen LogP contribution < -0.4 is 0 Å². The summed E-state index contributed by atoms with van der Waals surface area (Å²) in [4.78, 5) is 5.58. The van der Waals surface area contributed by atoms with Gasteiger partial charge in [0.25, 0.3) is 0 Å². The van der Waals surface area contributed by atoms with E-state index in [0.29, 0.717) is 39.4 Å². The number of pyridine rings is 1. The standard InChI is InChI=1S/C17H24F3N3O3S/c1-13-14(3-4-15(21-13)17(18,19)20)27(24,25)23-9-7-22(8-10-23)16(2)5-11-26-12-6-16/h3-4H,5-12H2,1-2H3. The van der Waals surface area contributed by atoms with Crippen molar-refractivity contribution in [3.8, 4) is 0 Å². The Morgan fingerprint density at radius 3 is 2.22 bits per heavy atom. The number of hydrogen-bond donors (Lipinski definition) is 0. The molecule has 0 radical (unpaired) electrons. The van der Waals surface area contributed by atoms with E-state index in [-0.39, 0.29) is 16.1 Å². The summed E-state index contributed by atoms with van der Waals surface area (Å²) in [5, 5.41) is 0. The van der Waals surface area contributed by atoms with Crippen molar-refractivity contribution in [1.29, 1.82) is 0 Å². The Balaban J connectivity index is 1.74. The van der Waals surface area contributed by atoms with Gasteiger partial charge in [0, 0.05) is 44.9 Å². The molecule has 1 aromatic rings. The fraction of sp³-hybridized carbons (Fsp3) is 0.706. The summed E-state index contributed by atoms with van der Waals surface area (Å²) < 4.78 is 70.9. The van der Waals surface area contributed by atoms with Crippen LogP contribution in [0.2, 0.25) is 0 Å². The first kappa shape index (κ1) is 20.5. The molecule has 6 nitrogen and oxygen atoms in total. The zero-order valence-electron chi connectivity index (χ0n) is 15.4. The first-order chi connectivity index (χ1) is 12.5. The van der Waals surface area contributed by atoms with E-state index in [1.165, 1.54) is 11.2 Å². The first-order valence-corrected chi connectivity index (χ1v) is 10.4. The number of aryl methyl sites for hydroxylation is 1. The van der Waals surface area contributed by atoms with Crippen molar-refractivity contribution in [3.05, 3.63) is 23.5 Å². The van der Waals surface area contributed by atoms with E-state index in [2.05, 4.69) is 16.8 Å². The molecule has 2 aliphatic heterocycles. The highest BCUT2D eigenvalue weighted by Crippen LogP contribution is 2.31. The van der Waals surface area contributed by atoms with Gasteiger partial charge in [-0.05, 0) is 38.8 Å². The van der Waals surface area contributed by atoms with Crippen LogP contribution in [-0.4, -0.2) is 67.5 Å². The molecule has 2 aliphatic rings. The van der Waals surface area contributed by atoms with Crippen molar-refractivity contribution in [2.45, 2.75) is 43.3 Å². The molecule has 0 atom stereocenters. The molecule has 0 aromatic carbocycles. The third-order valence-electron chi connectivity index (χ3n) is 5.52. The van der Waals surface area contributed by atoms with Gasteiger partial charge in [0.05, 0.1) is 5.69 Å². The Kier molecular flexibility index (Phi) is 5.55. The number of nitrogens with zero attached hydrogens (tertiary/aromatic N) is 3. The first-order valence-electron chi connectivity index (χ1n) is 8.92. The molecule has 0 spiro atoms. The van der Waals surface area contributed by atoms with Gasteiger partial charge in [-0.3, -0.25) is 4.90 Å². The van der Waals surface area contributed by atoms with E-state index in [1.807, 2.05) is 0 Å². The van der Waals surface area contributed by atoms with Gasteiger partial charge in [-0.2, -0.15) is 17.5 Å². The second-order valence-electron chi connectivity index (χ2n) is 7.28. The third kappa shape index (κ3) is 4.13. The molecule has 2 fully saturated rings. The molecule has 3 rings (SSSR count). The van der Waals surface area contributed by atoms with Crippen molar-refractivity contribution < 1.29 is 26.3 Å². The largest absolute Gasteiger partial charge is 0.433 e. The summed E-state index contributed by atoms with van der Waals surface area (Å²) in [5.41, 5.74) is -1.22.